The number of alkyl halides is 3. The zero-order chi connectivity index (χ0) is 21.6. The number of rotatable bonds is 7. The molecule has 2 heterocycles. The van der Waals surface area contributed by atoms with Crippen LogP contribution in [0.5, 0.6) is 0 Å². The maximum absolute atomic E-state index is 12.7. The van der Waals surface area contributed by atoms with Gasteiger partial charge in [0.1, 0.15) is 0 Å². The average molecular weight is 422 g/mol. The molecule has 2 aromatic rings. The summed E-state index contributed by atoms with van der Waals surface area (Å²) in [5.41, 5.74) is 0.280. The maximum Gasteiger partial charge on any atom is 0.416 e. The molecule has 2 atom stereocenters. The molecule has 0 radical (unpaired) electrons. The first-order valence-electron chi connectivity index (χ1n) is 10.2. The number of aromatic nitrogens is 2. The molecule has 3 rings (SSSR count). The summed E-state index contributed by atoms with van der Waals surface area (Å²) in [6.45, 7) is 6.13. The van der Waals surface area contributed by atoms with Crippen LogP contribution in [0.3, 0.4) is 0 Å². The van der Waals surface area contributed by atoms with Crippen LogP contribution in [-0.4, -0.2) is 53.4 Å². The number of benzene rings is 1. The summed E-state index contributed by atoms with van der Waals surface area (Å²) in [5.74, 6) is 1.16. The summed E-state index contributed by atoms with van der Waals surface area (Å²) >= 11 is 0. The summed E-state index contributed by atoms with van der Waals surface area (Å²) in [7, 11) is 1.75. The van der Waals surface area contributed by atoms with Crippen LogP contribution < -0.4 is 10.6 Å². The predicted octanol–water partition coefficient (Wildman–Crippen LogP) is 2.98. The van der Waals surface area contributed by atoms with Gasteiger partial charge >= 0.3 is 6.18 Å². The zero-order valence-corrected chi connectivity index (χ0v) is 17.4. The molecule has 0 saturated carbocycles. The second-order valence-electron chi connectivity index (χ2n) is 7.85. The summed E-state index contributed by atoms with van der Waals surface area (Å²) in [5, 5.41) is 11.0. The van der Waals surface area contributed by atoms with E-state index in [-0.39, 0.29) is 6.04 Å². The van der Waals surface area contributed by atoms with E-state index in [1.54, 1.807) is 25.4 Å². The minimum absolute atomic E-state index is 0.257. The van der Waals surface area contributed by atoms with Crippen molar-refractivity contribution in [3.63, 3.8) is 0 Å². The largest absolute Gasteiger partial charge is 0.416 e. The quantitative estimate of drug-likeness (QED) is 0.532. The van der Waals surface area contributed by atoms with Crippen molar-refractivity contribution in [1.82, 2.24) is 25.3 Å². The minimum atomic E-state index is -4.29. The van der Waals surface area contributed by atoms with Crippen LogP contribution in [0.15, 0.2) is 47.7 Å². The van der Waals surface area contributed by atoms with Crippen molar-refractivity contribution in [3.8, 4) is 0 Å². The highest BCUT2D eigenvalue weighted by Gasteiger charge is 2.30. The van der Waals surface area contributed by atoms with Gasteiger partial charge in [-0.2, -0.15) is 18.3 Å². The molecule has 0 amide bonds. The molecule has 6 nitrogen and oxygen atoms in total. The number of halogens is 3. The molecule has 0 bridgehead atoms. The van der Waals surface area contributed by atoms with Gasteiger partial charge in [-0.15, -0.1) is 0 Å². The molecule has 164 valence electrons. The van der Waals surface area contributed by atoms with Crippen LogP contribution in [-0.2, 0) is 19.3 Å². The Kier molecular flexibility index (Phi) is 7.36. The molecule has 9 heteroatoms. The van der Waals surface area contributed by atoms with Gasteiger partial charge in [0.15, 0.2) is 5.96 Å². The predicted molar refractivity (Wildman–Crippen MR) is 111 cm³/mol. The molecule has 0 aliphatic carbocycles. The smallest absolute Gasteiger partial charge is 0.356 e. The molecule has 2 unspecified atom stereocenters. The van der Waals surface area contributed by atoms with E-state index in [9.17, 15) is 13.2 Å². The van der Waals surface area contributed by atoms with E-state index >= 15 is 0 Å². The van der Waals surface area contributed by atoms with Crippen molar-refractivity contribution in [3.05, 3.63) is 53.9 Å². The van der Waals surface area contributed by atoms with Crippen molar-refractivity contribution >= 4 is 5.96 Å². The van der Waals surface area contributed by atoms with Crippen LogP contribution in [0.25, 0.3) is 0 Å². The average Bonchev–Trinajstić information content (AvgIpc) is 3.37. The lowest BCUT2D eigenvalue weighted by Crippen LogP contribution is -2.45. The molecule has 0 spiro atoms. The van der Waals surface area contributed by atoms with E-state index in [0.717, 1.165) is 56.3 Å². The highest BCUT2D eigenvalue weighted by Crippen LogP contribution is 2.29. The Morgan fingerprint density at radius 3 is 2.70 bits per heavy atom. The second-order valence-corrected chi connectivity index (χ2v) is 7.85. The number of hydrogen-bond donors (Lipinski definition) is 2. The SMILES string of the molecule is CN=C(NCC(C)Cn1cccn1)NC1CCN(Cc2ccc(C(F)(F)F)cc2)C1. The first-order chi connectivity index (χ1) is 14.3. The standard InChI is InChI=1S/C21H29F3N6/c1-16(13-30-10-3-9-27-30)12-26-20(25-2)28-19-8-11-29(15-19)14-17-4-6-18(7-5-17)21(22,23)24/h3-7,9-10,16,19H,8,11-15H2,1-2H3,(H2,25,26,28). The molecule has 30 heavy (non-hydrogen) atoms. The monoisotopic (exact) mass is 422 g/mol. The van der Waals surface area contributed by atoms with Gasteiger partial charge in [0, 0.05) is 58.2 Å². The summed E-state index contributed by atoms with van der Waals surface area (Å²) in [6, 6.07) is 7.59. The van der Waals surface area contributed by atoms with Crippen LogP contribution >= 0.6 is 0 Å². The lowest BCUT2D eigenvalue weighted by Gasteiger charge is -2.20. The van der Waals surface area contributed by atoms with E-state index in [1.807, 2.05) is 16.9 Å². The first kappa shape index (κ1) is 22.1. The van der Waals surface area contributed by atoms with E-state index in [2.05, 4.69) is 32.5 Å². The third-order valence-corrected chi connectivity index (χ3v) is 5.20. The highest BCUT2D eigenvalue weighted by molar-refractivity contribution is 5.80. The van der Waals surface area contributed by atoms with Crippen molar-refractivity contribution < 1.29 is 13.2 Å². The number of hydrogen-bond acceptors (Lipinski definition) is 3. The first-order valence-corrected chi connectivity index (χ1v) is 10.2. The fourth-order valence-electron chi connectivity index (χ4n) is 3.60. The van der Waals surface area contributed by atoms with Crippen LogP contribution in [0.4, 0.5) is 13.2 Å². The summed E-state index contributed by atoms with van der Waals surface area (Å²) in [4.78, 5) is 6.55. The molecule has 1 aromatic carbocycles. The summed E-state index contributed by atoms with van der Waals surface area (Å²) in [6.07, 6.45) is 0.397. The van der Waals surface area contributed by atoms with Crippen LogP contribution in [0.2, 0.25) is 0 Å². The summed E-state index contributed by atoms with van der Waals surface area (Å²) < 4.78 is 40.0. The molecule has 1 saturated heterocycles. The van der Waals surface area contributed by atoms with E-state index in [1.165, 1.54) is 0 Å². The molecule has 1 aliphatic heterocycles. The molecule has 2 N–H and O–H groups in total. The van der Waals surface area contributed by atoms with Crippen molar-refractivity contribution in [2.45, 2.75) is 38.7 Å². The Labute approximate surface area is 175 Å². The Hall–Kier alpha value is -2.55. The van der Waals surface area contributed by atoms with Gasteiger partial charge in [0.25, 0.3) is 0 Å². The fraction of sp³-hybridized carbons (Fsp3) is 0.524. The van der Waals surface area contributed by atoms with Gasteiger partial charge < -0.3 is 10.6 Å². The number of guanidine groups is 1. The lowest BCUT2D eigenvalue weighted by atomic mass is 10.1. The maximum atomic E-state index is 12.7. The normalized spacial score (nSPS) is 19.1. The number of nitrogens with zero attached hydrogens (tertiary/aromatic N) is 4. The van der Waals surface area contributed by atoms with E-state index in [0.29, 0.717) is 12.5 Å². The van der Waals surface area contributed by atoms with Gasteiger partial charge in [0.05, 0.1) is 5.56 Å². The van der Waals surface area contributed by atoms with Gasteiger partial charge in [-0.25, -0.2) is 0 Å². The topological polar surface area (TPSA) is 57.5 Å². The van der Waals surface area contributed by atoms with Gasteiger partial charge in [-0.1, -0.05) is 19.1 Å². The second kappa shape index (κ2) is 9.97. The highest BCUT2D eigenvalue weighted by atomic mass is 19.4. The molecule has 1 aliphatic rings. The van der Waals surface area contributed by atoms with Crippen LogP contribution in [0, 0.1) is 5.92 Å². The number of aliphatic imine (C=N–C) groups is 1. The molecular formula is C21H29F3N6. The fourth-order valence-corrected chi connectivity index (χ4v) is 3.60. The Morgan fingerprint density at radius 2 is 2.07 bits per heavy atom. The van der Waals surface area contributed by atoms with E-state index < -0.39 is 11.7 Å². The Balaban J connectivity index is 1.42. The van der Waals surface area contributed by atoms with Crippen molar-refractivity contribution in [1.29, 1.82) is 0 Å². The number of nitrogens with one attached hydrogen (secondary N) is 2. The lowest BCUT2D eigenvalue weighted by molar-refractivity contribution is -0.137. The van der Waals surface area contributed by atoms with Crippen LogP contribution in [0.1, 0.15) is 24.5 Å². The van der Waals surface area contributed by atoms with E-state index in [4.69, 9.17) is 0 Å². The van der Waals surface area contributed by atoms with Gasteiger partial charge in [0.2, 0.25) is 0 Å². The third-order valence-electron chi connectivity index (χ3n) is 5.20. The van der Waals surface area contributed by atoms with Gasteiger partial charge in [-0.3, -0.25) is 14.6 Å². The Bertz CT molecular complexity index is 801. The molecule has 1 aromatic heterocycles. The van der Waals surface area contributed by atoms with Crippen molar-refractivity contribution in [2.24, 2.45) is 10.9 Å². The molecule has 1 fully saturated rings. The zero-order valence-electron chi connectivity index (χ0n) is 17.4. The van der Waals surface area contributed by atoms with Crippen molar-refractivity contribution in [2.75, 3.05) is 26.7 Å². The third kappa shape index (κ3) is 6.48. The number of likely N-dealkylation sites (tertiary alicyclic amines) is 1. The minimum Gasteiger partial charge on any atom is -0.356 e. The Morgan fingerprint density at radius 1 is 1.30 bits per heavy atom. The molecular weight excluding hydrogens is 393 g/mol. The van der Waals surface area contributed by atoms with Gasteiger partial charge in [-0.05, 0) is 36.1 Å².